The summed E-state index contributed by atoms with van der Waals surface area (Å²) >= 11 is 0. The van der Waals surface area contributed by atoms with E-state index in [4.69, 9.17) is 0 Å². The minimum Gasteiger partial charge on any atom is -0.508 e. The second-order valence-electron chi connectivity index (χ2n) is 5.55. The monoisotopic (exact) mass is 254 g/mol. The van der Waals surface area contributed by atoms with Crippen LogP contribution in [0.25, 0.3) is 0 Å². The van der Waals surface area contributed by atoms with E-state index in [-0.39, 0.29) is 11.2 Å². The number of aromatic hydroxyl groups is 1. The molecule has 0 saturated carbocycles. The SMILES string of the molecule is C=CC[C@@]12CCC(=O)C=C1CCc1cc(O)ccc12. The highest BCUT2D eigenvalue weighted by molar-refractivity contribution is 5.92. The van der Waals surface area contributed by atoms with Gasteiger partial charge in [-0.3, -0.25) is 4.79 Å². The van der Waals surface area contributed by atoms with Crippen molar-refractivity contribution < 1.29 is 9.90 Å². The molecule has 98 valence electrons. The summed E-state index contributed by atoms with van der Waals surface area (Å²) in [6, 6.07) is 5.65. The molecule has 1 N–H and O–H groups in total. The van der Waals surface area contributed by atoms with Crippen LogP contribution < -0.4 is 0 Å². The number of ketones is 1. The fourth-order valence-corrected chi connectivity index (χ4v) is 3.63. The minimum atomic E-state index is -0.0586. The molecule has 0 spiro atoms. The average Bonchev–Trinajstić information content (AvgIpc) is 2.39. The molecule has 2 aliphatic carbocycles. The Bertz CT molecular complexity index is 583. The van der Waals surface area contributed by atoms with Crippen LogP contribution in [-0.2, 0) is 16.6 Å². The van der Waals surface area contributed by atoms with Crippen molar-refractivity contribution in [1.29, 1.82) is 0 Å². The molecule has 0 aliphatic heterocycles. The van der Waals surface area contributed by atoms with Gasteiger partial charge in [0, 0.05) is 11.8 Å². The number of carbonyl (C=O) groups excluding carboxylic acids is 1. The van der Waals surface area contributed by atoms with E-state index < -0.39 is 0 Å². The third kappa shape index (κ3) is 1.83. The zero-order valence-corrected chi connectivity index (χ0v) is 11.0. The van der Waals surface area contributed by atoms with Crippen LogP contribution in [0.15, 0.2) is 42.5 Å². The minimum absolute atomic E-state index is 0.0586. The van der Waals surface area contributed by atoms with Gasteiger partial charge in [0.15, 0.2) is 5.78 Å². The number of hydrogen-bond acceptors (Lipinski definition) is 2. The van der Waals surface area contributed by atoms with Crippen molar-refractivity contribution in [2.24, 2.45) is 0 Å². The summed E-state index contributed by atoms with van der Waals surface area (Å²) in [4.78, 5) is 11.7. The van der Waals surface area contributed by atoms with Crippen LogP contribution in [0.4, 0.5) is 0 Å². The molecule has 0 unspecified atom stereocenters. The third-order valence-electron chi connectivity index (χ3n) is 4.51. The van der Waals surface area contributed by atoms with Crippen LogP contribution in [0.2, 0.25) is 0 Å². The predicted octanol–water partition coefficient (Wildman–Crippen LogP) is 3.44. The van der Waals surface area contributed by atoms with Crippen molar-refractivity contribution in [2.45, 2.75) is 37.5 Å². The first kappa shape index (κ1) is 12.2. The van der Waals surface area contributed by atoms with Crippen LogP contribution >= 0.6 is 0 Å². The lowest BCUT2D eigenvalue weighted by atomic mass is 9.60. The van der Waals surface area contributed by atoms with E-state index in [1.54, 1.807) is 6.07 Å². The Labute approximate surface area is 113 Å². The first-order valence-electron chi connectivity index (χ1n) is 6.83. The summed E-state index contributed by atoms with van der Waals surface area (Å²) in [7, 11) is 0. The number of fused-ring (bicyclic) bond motifs is 3. The molecule has 2 heteroatoms. The number of benzene rings is 1. The molecular weight excluding hydrogens is 236 g/mol. The summed E-state index contributed by atoms with van der Waals surface area (Å²) in [5, 5.41) is 9.65. The van der Waals surface area contributed by atoms with Gasteiger partial charge in [0.1, 0.15) is 5.75 Å². The maximum absolute atomic E-state index is 11.7. The number of phenols is 1. The maximum atomic E-state index is 11.7. The van der Waals surface area contributed by atoms with Crippen LogP contribution in [0, 0.1) is 0 Å². The molecule has 3 rings (SSSR count). The van der Waals surface area contributed by atoms with Crippen LogP contribution in [0.1, 0.15) is 36.8 Å². The Morgan fingerprint density at radius 3 is 2.95 bits per heavy atom. The Hall–Kier alpha value is -1.83. The molecule has 1 atom stereocenters. The standard InChI is InChI=1S/C17H18O2/c1-2-8-17-9-7-15(19)11-13(17)4-3-12-10-14(18)5-6-16(12)17/h2,5-6,10-11,18H,1,3-4,7-9H2/t17-/m1/s1. The summed E-state index contributed by atoms with van der Waals surface area (Å²) < 4.78 is 0. The molecule has 19 heavy (non-hydrogen) atoms. The van der Waals surface area contributed by atoms with Gasteiger partial charge in [-0.05, 0) is 55.0 Å². The highest BCUT2D eigenvalue weighted by Gasteiger charge is 2.41. The molecule has 0 aromatic heterocycles. The molecule has 0 bridgehead atoms. The highest BCUT2D eigenvalue weighted by atomic mass is 16.3. The number of hydrogen-bond donors (Lipinski definition) is 1. The number of carbonyl (C=O) groups is 1. The zero-order chi connectivity index (χ0) is 13.5. The first-order valence-corrected chi connectivity index (χ1v) is 6.83. The molecule has 0 amide bonds. The lowest BCUT2D eigenvalue weighted by Crippen LogP contribution is -2.36. The number of phenolic OH excluding ortho intramolecular Hbond substituents is 1. The topological polar surface area (TPSA) is 37.3 Å². The van der Waals surface area contributed by atoms with Crippen molar-refractivity contribution >= 4 is 5.78 Å². The lowest BCUT2D eigenvalue weighted by molar-refractivity contribution is -0.115. The summed E-state index contributed by atoms with van der Waals surface area (Å²) in [6.07, 6.45) is 7.95. The Morgan fingerprint density at radius 1 is 1.32 bits per heavy atom. The van der Waals surface area contributed by atoms with E-state index in [1.807, 2.05) is 24.3 Å². The fraction of sp³-hybridized carbons (Fsp3) is 0.353. The van der Waals surface area contributed by atoms with Crippen molar-refractivity contribution in [3.05, 3.63) is 53.6 Å². The quantitative estimate of drug-likeness (QED) is 0.821. The molecule has 0 heterocycles. The second kappa shape index (κ2) is 4.37. The van der Waals surface area contributed by atoms with Crippen molar-refractivity contribution in [3.8, 4) is 5.75 Å². The van der Waals surface area contributed by atoms with E-state index in [1.165, 1.54) is 16.7 Å². The van der Waals surface area contributed by atoms with Crippen LogP contribution in [0.3, 0.4) is 0 Å². The predicted molar refractivity (Wildman–Crippen MR) is 75.2 cm³/mol. The van der Waals surface area contributed by atoms with Gasteiger partial charge in [-0.25, -0.2) is 0 Å². The largest absolute Gasteiger partial charge is 0.508 e. The molecule has 2 nitrogen and oxygen atoms in total. The fourth-order valence-electron chi connectivity index (χ4n) is 3.63. The Morgan fingerprint density at radius 2 is 2.16 bits per heavy atom. The number of rotatable bonds is 2. The van der Waals surface area contributed by atoms with Crippen LogP contribution in [0.5, 0.6) is 5.75 Å². The molecule has 2 aliphatic rings. The summed E-state index contributed by atoms with van der Waals surface area (Å²) in [6.45, 7) is 3.89. The molecule has 0 saturated heterocycles. The van der Waals surface area contributed by atoms with E-state index in [9.17, 15) is 9.90 Å². The van der Waals surface area contributed by atoms with E-state index in [2.05, 4.69) is 6.58 Å². The third-order valence-corrected chi connectivity index (χ3v) is 4.51. The Kier molecular flexibility index (Phi) is 2.81. The molecule has 0 radical (unpaired) electrons. The Balaban J connectivity index is 2.20. The summed E-state index contributed by atoms with van der Waals surface area (Å²) in [5.41, 5.74) is 3.68. The smallest absolute Gasteiger partial charge is 0.155 e. The molecule has 1 aromatic rings. The highest BCUT2D eigenvalue weighted by Crippen LogP contribution is 2.49. The first-order chi connectivity index (χ1) is 9.15. The van der Waals surface area contributed by atoms with Gasteiger partial charge in [0.25, 0.3) is 0 Å². The molecule has 1 aromatic carbocycles. The second-order valence-corrected chi connectivity index (χ2v) is 5.55. The normalized spacial score (nSPS) is 25.3. The van der Waals surface area contributed by atoms with Gasteiger partial charge in [0.2, 0.25) is 0 Å². The average molecular weight is 254 g/mol. The van der Waals surface area contributed by atoms with Crippen molar-refractivity contribution in [1.82, 2.24) is 0 Å². The maximum Gasteiger partial charge on any atom is 0.155 e. The zero-order valence-electron chi connectivity index (χ0n) is 11.0. The van der Waals surface area contributed by atoms with E-state index >= 15 is 0 Å². The van der Waals surface area contributed by atoms with Gasteiger partial charge in [-0.15, -0.1) is 6.58 Å². The summed E-state index contributed by atoms with van der Waals surface area (Å²) in [5.74, 6) is 0.573. The van der Waals surface area contributed by atoms with Crippen molar-refractivity contribution in [3.63, 3.8) is 0 Å². The van der Waals surface area contributed by atoms with E-state index in [0.717, 1.165) is 25.7 Å². The lowest BCUT2D eigenvalue weighted by Gasteiger charge is -2.43. The van der Waals surface area contributed by atoms with Crippen LogP contribution in [-0.4, -0.2) is 10.9 Å². The molecule has 0 fully saturated rings. The van der Waals surface area contributed by atoms with Gasteiger partial charge < -0.3 is 5.11 Å². The van der Waals surface area contributed by atoms with Crippen molar-refractivity contribution in [2.75, 3.05) is 0 Å². The van der Waals surface area contributed by atoms with Gasteiger partial charge in [-0.2, -0.15) is 0 Å². The van der Waals surface area contributed by atoms with Gasteiger partial charge in [-0.1, -0.05) is 17.7 Å². The van der Waals surface area contributed by atoms with E-state index in [0.29, 0.717) is 12.2 Å². The van der Waals surface area contributed by atoms with Gasteiger partial charge >= 0.3 is 0 Å². The molecular formula is C17H18O2. The number of aryl methyl sites for hydroxylation is 1. The number of allylic oxidation sites excluding steroid dienone is 3. The van der Waals surface area contributed by atoms with Gasteiger partial charge in [0.05, 0.1) is 0 Å².